The van der Waals surface area contributed by atoms with Gasteiger partial charge >= 0.3 is 0 Å². The molecular weight excluding hydrogens is 372 g/mol. The van der Waals surface area contributed by atoms with E-state index in [1.165, 1.54) is 26.5 Å². The SMILES string of the molecule is COc1ccc(-c2coc3c(CC=C(C)C)c(O)c(OC)cc3c2=O)cc1OC. The van der Waals surface area contributed by atoms with E-state index < -0.39 is 0 Å². The van der Waals surface area contributed by atoms with Crippen LogP contribution in [0.5, 0.6) is 23.0 Å². The normalized spacial score (nSPS) is 10.7. The molecule has 6 nitrogen and oxygen atoms in total. The van der Waals surface area contributed by atoms with Crippen LogP contribution in [0, 0.1) is 0 Å². The van der Waals surface area contributed by atoms with Gasteiger partial charge in [0.2, 0.25) is 5.43 Å². The third-order valence-corrected chi connectivity index (χ3v) is 4.73. The van der Waals surface area contributed by atoms with Gasteiger partial charge in [0.05, 0.1) is 32.3 Å². The van der Waals surface area contributed by atoms with Crippen LogP contribution in [0.3, 0.4) is 0 Å². The van der Waals surface area contributed by atoms with Gasteiger partial charge < -0.3 is 23.7 Å². The summed E-state index contributed by atoms with van der Waals surface area (Å²) in [5, 5.41) is 10.9. The van der Waals surface area contributed by atoms with Gasteiger partial charge in [-0.05, 0) is 44.0 Å². The molecule has 0 amide bonds. The first kappa shape index (κ1) is 20.3. The van der Waals surface area contributed by atoms with Gasteiger partial charge in [-0.3, -0.25) is 4.79 Å². The molecule has 1 aromatic heterocycles. The van der Waals surface area contributed by atoms with Crippen molar-refractivity contribution in [1.29, 1.82) is 0 Å². The van der Waals surface area contributed by atoms with Crippen molar-refractivity contribution in [3.63, 3.8) is 0 Å². The smallest absolute Gasteiger partial charge is 0.200 e. The molecular formula is C23H24O6. The number of aromatic hydroxyl groups is 1. The molecule has 0 aliphatic heterocycles. The van der Waals surface area contributed by atoms with Crippen molar-refractivity contribution < 1.29 is 23.7 Å². The zero-order valence-electron chi connectivity index (χ0n) is 17.2. The van der Waals surface area contributed by atoms with E-state index in [-0.39, 0.29) is 16.9 Å². The quantitative estimate of drug-likeness (QED) is 0.609. The molecule has 0 bridgehead atoms. The van der Waals surface area contributed by atoms with Crippen molar-refractivity contribution in [2.75, 3.05) is 21.3 Å². The molecule has 1 N–H and O–H groups in total. The molecule has 0 fully saturated rings. The Morgan fingerprint density at radius 1 is 1.03 bits per heavy atom. The number of rotatable bonds is 6. The molecule has 152 valence electrons. The Bertz CT molecular complexity index is 1140. The molecule has 29 heavy (non-hydrogen) atoms. The topological polar surface area (TPSA) is 78.1 Å². The molecule has 0 aliphatic rings. The fourth-order valence-corrected chi connectivity index (χ4v) is 3.16. The molecule has 3 rings (SSSR count). The van der Waals surface area contributed by atoms with Crippen LogP contribution in [0.25, 0.3) is 22.1 Å². The van der Waals surface area contributed by atoms with E-state index in [1.54, 1.807) is 25.3 Å². The molecule has 0 radical (unpaired) electrons. The van der Waals surface area contributed by atoms with E-state index in [2.05, 4.69) is 0 Å². The van der Waals surface area contributed by atoms with Gasteiger partial charge in [0.15, 0.2) is 23.0 Å². The van der Waals surface area contributed by atoms with Crippen LogP contribution >= 0.6 is 0 Å². The fraction of sp³-hybridized carbons (Fsp3) is 0.261. The lowest BCUT2D eigenvalue weighted by atomic mass is 10.0. The molecule has 2 aromatic carbocycles. The maximum absolute atomic E-state index is 13.3. The molecule has 1 heterocycles. The third-order valence-electron chi connectivity index (χ3n) is 4.73. The third kappa shape index (κ3) is 3.78. The van der Waals surface area contributed by atoms with Crippen molar-refractivity contribution in [2.24, 2.45) is 0 Å². The van der Waals surface area contributed by atoms with Crippen LogP contribution < -0.4 is 19.6 Å². The number of allylic oxidation sites excluding steroid dienone is 2. The first-order valence-electron chi connectivity index (χ1n) is 9.11. The zero-order chi connectivity index (χ0) is 21.1. The Morgan fingerprint density at radius 3 is 2.34 bits per heavy atom. The summed E-state index contributed by atoms with van der Waals surface area (Å²) < 4.78 is 21.7. The highest BCUT2D eigenvalue weighted by molar-refractivity contribution is 5.88. The number of phenolic OH excluding ortho intramolecular Hbond substituents is 1. The van der Waals surface area contributed by atoms with Crippen molar-refractivity contribution in [3.8, 4) is 34.1 Å². The summed E-state index contributed by atoms with van der Waals surface area (Å²) in [5.41, 5.74) is 2.72. The van der Waals surface area contributed by atoms with Crippen LogP contribution in [0.15, 0.2) is 51.4 Å². The summed E-state index contributed by atoms with van der Waals surface area (Å²) in [6, 6.07) is 6.72. The number of ether oxygens (including phenoxy) is 3. The average molecular weight is 396 g/mol. The fourth-order valence-electron chi connectivity index (χ4n) is 3.16. The predicted octanol–water partition coefficient (Wildman–Crippen LogP) is 4.70. The number of hydrogen-bond acceptors (Lipinski definition) is 6. The van der Waals surface area contributed by atoms with Gasteiger partial charge in [0.25, 0.3) is 0 Å². The molecule has 3 aromatic rings. The van der Waals surface area contributed by atoms with Gasteiger partial charge in [-0.2, -0.15) is 0 Å². The highest BCUT2D eigenvalue weighted by atomic mass is 16.5. The Kier molecular flexibility index (Phi) is 5.82. The van der Waals surface area contributed by atoms with Crippen LogP contribution in [0.1, 0.15) is 19.4 Å². The standard InChI is InChI=1S/C23H24O6/c1-13(2)6-8-15-22(25)20(28-5)11-16-21(24)17(12-29-23(15)16)14-7-9-18(26-3)19(10-14)27-4/h6-7,9-12,25H,8H2,1-5H3. The number of benzene rings is 2. The molecule has 0 spiro atoms. The van der Waals surface area contributed by atoms with Crippen LogP contribution in [-0.4, -0.2) is 26.4 Å². The highest BCUT2D eigenvalue weighted by Crippen LogP contribution is 2.38. The van der Waals surface area contributed by atoms with E-state index in [9.17, 15) is 9.90 Å². The summed E-state index contributed by atoms with van der Waals surface area (Å²) in [4.78, 5) is 13.3. The van der Waals surface area contributed by atoms with E-state index >= 15 is 0 Å². The van der Waals surface area contributed by atoms with Gasteiger partial charge in [0, 0.05) is 5.56 Å². The summed E-state index contributed by atoms with van der Waals surface area (Å²) in [7, 11) is 4.54. The second-order valence-electron chi connectivity index (χ2n) is 6.82. The minimum Gasteiger partial charge on any atom is -0.504 e. The van der Waals surface area contributed by atoms with E-state index in [0.29, 0.717) is 45.6 Å². The number of hydrogen-bond donors (Lipinski definition) is 1. The maximum atomic E-state index is 13.3. The Hall–Kier alpha value is -3.41. The number of fused-ring (bicyclic) bond motifs is 1. The summed E-state index contributed by atoms with van der Waals surface area (Å²) in [6.45, 7) is 3.93. The highest BCUT2D eigenvalue weighted by Gasteiger charge is 2.19. The van der Waals surface area contributed by atoms with E-state index in [0.717, 1.165) is 5.57 Å². The van der Waals surface area contributed by atoms with Gasteiger partial charge in [0.1, 0.15) is 11.8 Å². The molecule has 0 aliphatic carbocycles. The molecule has 0 atom stereocenters. The molecule has 0 unspecified atom stereocenters. The van der Waals surface area contributed by atoms with Crippen molar-refractivity contribution in [1.82, 2.24) is 0 Å². The number of phenols is 1. The van der Waals surface area contributed by atoms with Crippen LogP contribution in [0.4, 0.5) is 0 Å². The minimum absolute atomic E-state index is 0.0282. The number of methoxy groups -OCH3 is 3. The summed E-state index contributed by atoms with van der Waals surface area (Å²) in [5.74, 6) is 1.28. The Balaban J connectivity index is 2.26. The zero-order valence-corrected chi connectivity index (χ0v) is 17.2. The second-order valence-corrected chi connectivity index (χ2v) is 6.82. The minimum atomic E-state index is -0.227. The van der Waals surface area contributed by atoms with Crippen molar-refractivity contribution >= 4 is 11.0 Å². The first-order valence-corrected chi connectivity index (χ1v) is 9.11. The molecule has 0 saturated carbocycles. The van der Waals surface area contributed by atoms with Gasteiger partial charge in [-0.1, -0.05) is 17.7 Å². The first-order chi connectivity index (χ1) is 13.9. The second kappa shape index (κ2) is 8.31. The van der Waals surface area contributed by atoms with Crippen molar-refractivity contribution in [3.05, 3.63) is 58.0 Å². The lowest BCUT2D eigenvalue weighted by Gasteiger charge is -2.13. The summed E-state index contributed by atoms with van der Waals surface area (Å²) in [6.07, 6.45) is 3.78. The Labute approximate surface area is 169 Å². The lowest BCUT2D eigenvalue weighted by molar-refractivity contribution is 0.355. The van der Waals surface area contributed by atoms with Gasteiger partial charge in [-0.25, -0.2) is 0 Å². The van der Waals surface area contributed by atoms with Crippen LogP contribution in [-0.2, 0) is 6.42 Å². The predicted molar refractivity (Wildman–Crippen MR) is 112 cm³/mol. The van der Waals surface area contributed by atoms with E-state index in [1.807, 2.05) is 19.9 Å². The average Bonchev–Trinajstić information content (AvgIpc) is 2.72. The van der Waals surface area contributed by atoms with Crippen molar-refractivity contribution in [2.45, 2.75) is 20.3 Å². The molecule has 0 saturated heterocycles. The van der Waals surface area contributed by atoms with Gasteiger partial charge in [-0.15, -0.1) is 0 Å². The maximum Gasteiger partial charge on any atom is 0.200 e. The van der Waals surface area contributed by atoms with E-state index in [4.69, 9.17) is 18.6 Å². The summed E-state index contributed by atoms with van der Waals surface area (Å²) >= 11 is 0. The monoisotopic (exact) mass is 396 g/mol. The Morgan fingerprint density at radius 2 is 1.72 bits per heavy atom. The largest absolute Gasteiger partial charge is 0.504 e. The molecule has 6 heteroatoms. The lowest BCUT2D eigenvalue weighted by Crippen LogP contribution is -2.07. The van der Waals surface area contributed by atoms with Crippen LogP contribution in [0.2, 0.25) is 0 Å².